The largest absolute Gasteiger partial charge is 0.395 e. The number of nitrogens with two attached hydrogens (primary N) is 1. The van der Waals surface area contributed by atoms with E-state index in [-0.39, 0.29) is 23.4 Å². The van der Waals surface area contributed by atoms with E-state index in [1.54, 1.807) is 14.0 Å². The molecular weight excluding hydrogens is 270 g/mol. The lowest BCUT2D eigenvalue weighted by molar-refractivity contribution is -0.120. The quantitative estimate of drug-likeness (QED) is 0.535. The second-order valence-corrected chi connectivity index (χ2v) is 6.11. The lowest BCUT2D eigenvalue weighted by Gasteiger charge is -2.37. The van der Waals surface area contributed by atoms with Crippen molar-refractivity contribution < 1.29 is 14.3 Å². The number of carbonyl (C=O) groups excluding carboxylic acids is 2. The summed E-state index contributed by atoms with van der Waals surface area (Å²) in [7, 11) is 3.60. The van der Waals surface area contributed by atoms with E-state index in [9.17, 15) is 9.59 Å². The van der Waals surface area contributed by atoms with Gasteiger partial charge >= 0.3 is 0 Å². The molecule has 21 heavy (non-hydrogen) atoms. The molecule has 4 rings (SSSR count). The van der Waals surface area contributed by atoms with Crippen molar-refractivity contribution in [3.63, 3.8) is 0 Å². The molecule has 2 saturated heterocycles. The third-order valence-electron chi connectivity index (χ3n) is 5.35. The summed E-state index contributed by atoms with van der Waals surface area (Å²) < 4.78 is 5.74. The Morgan fingerprint density at radius 2 is 2.05 bits per heavy atom. The molecule has 1 unspecified atom stereocenters. The van der Waals surface area contributed by atoms with Crippen LogP contribution in [0.1, 0.15) is 13.3 Å². The minimum atomic E-state index is -0.775. The minimum absolute atomic E-state index is 0.0213. The van der Waals surface area contributed by atoms with Crippen LogP contribution in [0.4, 0.5) is 0 Å². The van der Waals surface area contributed by atoms with Gasteiger partial charge in [-0.2, -0.15) is 0 Å². The average Bonchev–Trinajstić information content (AvgIpc) is 2.85. The zero-order chi connectivity index (χ0) is 15.3. The van der Waals surface area contributed by atoms with Gasteiger partial charge < -0.3 is 15.4 Å². The predicted molar refractivity (Wildman–Crippen MR) is 74.6 cm³/mol. The second-order valence-electron chi connectivity index (χ2n) is 6.11. The Hall–Kier alpha value is -1.92. The first kappa shape index (κ1) is 12.8. The molecule has 6 nitrogen and oxygen atoms in total. The molecule has 4 atom stereocenters. The molecule has 1 aliphatic carbocycles. The normalized spacial score (nSPS) is 40.8. The van der Waals surface area contributed by atoms with E-state index in [2.05, 4.69) is 11.5 Å². The highest BCUT2D eigenvalue weighted by atomic mass is 16.5. The highest BCUT2D eigenvalue weighted by Crippen LogP contribution is 2.59. The number of fused-ring (bicyclic) bond motifs is 4. The second kappa shape index (κ2) is 3.45. The monoisotopic (exact) mass is 287 g/mol. The highest BCUT2D eigenvalue weighted by molar-refractivity contribution is 6.27. The standard InChI is InChI=1S/C15H17N3O3/c1-6-10(16)13(20)9-7(2)15(21-4)5-8-14(17(8)3)18(15)11(9)12(6)19/h8,14H,2,5,16H2,1,3-4H3/t8-,14+,15-,17?/m0/s1. The number of rotatable bonds is 1. The van der Waals surface area contributed by atoms with E-state index < -0.39 is 5.72 Å². The Balaban J connectivity index is 1.93. The first-order chi connectivity index (χ1) is 9.86. The van der Waals surface area contributed by atoms with Gasteiger partial charge in [0.15, 0.2) is 5.72 Å². The summed E-state index contributed by atoms with van der Waals surface area (Å²) in [5.74, 6) is -0.499. The third kappa shape index (κ3) is 1.14. The van der Waals surface area contributed by atoms with E-state index in [4.69, 9.17) is 10.5 Å². The van der Waals surface area contributed by atoms with E-state index in [0.717, 1.165) is 0 Å². The Labute approximate surface area is 122 Å². The van der Waals surface area contributed by atoms with Crippen LogP contribution in [0.5, 0.6) is 0 Å². The van der Waals surface area contributed by atoms with Gasteiger partial charge in [-0.05, 0) is 14.0 Å². The van der Waals surface area contributed by atoms with Crippen molar-refractivity contribution in [2.75, 3.05) is 14.2 Å². The molecule has 0 aromatic rings. The third-order valence-corrected chi connectivity index (χ3v) is 5.35. The van der Waals surface area contributed by atoms with Crippen LogP contribution in [0.25, 0.3) is 0 Å². The van der Waals surface area contributed by atoms with Gasteiger partial charge in [0.2, 0.25) is 11.6 Å². The van der Waals surface area contributed by atoms with Gasteiger partial charge in [-0.3, -0.25) is 14.5 Å². The summed E-state index contributed by atoms with van der Waals surface area (Å²) in [5.41, 5.74) is 6.67. The number of Topliss-reactive ketones (excluding diaryl/α,β-unsaturated/α-hetero) is 2. The van der Waals surface area contributed by atoms with E-state index in [0.29, 0.717) is 34.9 Å². The minimum Gasteiger partial charge on any atom is -0.395 e. The molecule has 0 bridgehead atoms. The highest BCUT2D eigenvalue weighted by Gasteiger charge is 2.70. The van der Waals surface area contributed by atoms with Crippen LogP contribution in [0.2, 0.25) is 0 Å². The van der Waals surface area contributed by atoms with E-state index in [1.807, 2.05) is 11.9 Å². The van der Waals surface area contributed by atoms with Gasteiger partial charge in [-0.1, -0.05) is 6.58 Å². The maximum Gasteiger partial charge on any atom is 0.211 e. The number of methoxy groups -OCH3 is 1. The van der Waals surface area contributed by atoms with Gasteiger partial charge in [0, 0.05) is 24.7 Å². The molecule has 0 amide bonds. The number of ketones is 2. The molecule has 3 heterocycles. The fourth-order valence-corrected chi connectivity index (χ4v) is 4.00. The maximum absolute atomic E-state index is 12.7. The lowest BCUT2D eigenvalue weighted by atomic mass is 9.87. The zero-order valence-electron chi connectivity index (χ0n) is 12.3. The van der Waals surface area contributed by atoms with Crippen molar-refractivity contribution in [2.24, 2.45) is 5.73 Å². The summed E-state index contributed by atoms with van der Waals surface area (Å²) in [4.78, 5) is 29.3. The van der Waals surface area contributed by atoms with Gasteiger partial charge in [0.05, 0.1) is 17.3 Å². The Morgan fingerprint density at radius 1 is 1.38 bits per heavy atom. The number of likely N-dealkylation sites (N-methyl/N-ethyl adjacent to an activating group) is 1. The summed E-state index contributed by atoms with van der Waals surface area (Å²) in [6.45, 7) is 5.65. The van der Waals surface area contributed by atoms with Gasteiger partial charge in [0.1, 0.15) is 11.9 Å². The van der Waals surface area contributed by atoms with Crippen LogP contribution in [-0.2, 0) is 14.3 Å². The van der Waals surface area contributed by atoms with Crippen LogP contribution in [-0.4, -0.2) is 53.5 Å². The van der Waals surface area contributed by atoms with Crippen molar-refractivity contribution in [2.45, 2.75) is 31.3 Å². The number of nitrogens with zero attached hydrogens (tertiary/aromatic N) is 2. The number of allylic oxidation sites excluding steroid dienone is 2. The first-order valence-corrected chi connectivity index (χ1v) is 6.93. The first-order valence-electron chi connectivity index (χ1n) is 6.93. The molecule has 6 heteroatoms. The summed E-state index contributed by atoms with van der Waals surface area (Å²) in [5, 5.41) is 0. The molecule has 0 aromatic heterocycles. The maximum atomic E-state index is 12.7. The van der Waals surface area contributed by atoms with Crippen LogP contribution in [0.3, 0.4) is 0 Å². The number of ether oxygens (including phenoxy) is 1. The topological polar surface area (TPSA) is 75.6 Å². The SMILES string of the molecule is C=C1C2=C(C(=O)C(C)=C(N)C2=O)N2[C@@H]3[C@H](C[C@]12OC)N3C. The van der Waals surface area contributed by atoms with Crippen molar-refractivity contribution in [1.82, 2.24) is 9.80 Å². The lowest BCUT2D eigenvalue weighted by Crippen LogP contribution is -2.47. The van der Waals surface area contributed by atoms with Crippen LogP contribution in [0.15, 0.2) is 34.7 Å². The molecular formula is C15H17N3O3. The smallest absolute Gasteiger partial charge is 0.211 e. The molecule has 0 radical (unpaired) electrons. The fraction of sp³-hybridized carbons (Fsp3) is 0.467. The molecule has 0 saturated carbocycles. The number of carbonyl (C=O) groups is 2. The average molecular weight is 287 g/mol. The van der Waals surface area contributed by atoms with Gasteiger partial charge in [-0.25, -0.2) is 0 Å². The molecule has 4 aliphatic rings. The van der Waals surface area contributed by atoms with E-state index in [1.165, 1.54) is 0 Å². The summed E-state index contributed by atoms with van der Waals surface area (Å²) >= 11 is 0. The number of hydrogen-bond acceptors (Lipinski definition) is 6. The Morgan fingerprint density at radius 3 is 2.67 bits per heavy atom. The van der Waals surface area contributed by atoms with Crippen molar-refractivity contribution in [1.29, 1.82) is 0 Å². The van der Waals surface area contributed by atoms with Crippen molar-refractivity contribution in [3.05, 3.63) is 34.7 Å². The Bertz CT molecular complexity index is 705. The predicted octanol–water partition coefficient (Wildman–Crippen LogP) is -0.117. The van der Waals surface area contributed by atoms with Crippen LogP contribution >= 0.6 is 0 Å². The molecule has 0 aromatic carbocycles. The molecule has 2 N–H and O–H groups in total. The molecule has 110 valence electrons. The Kier molecular flexibility index (Phi) is 2.10. The van der Waals surface area contributed by atoms with E-state index >= 15 is 0 Å². The zero-order valence-corrected chi connectivity index (χ0v) is 12.3. The van der Waals surface area contributed by atoms with Gasteiger partial charge in [-0.15, -0.1) is 0 Å². The molecule has 3 aliphatic heterocycles. The summed E-state index contributed by atoms with van der Waals surface area (Å²) in [6, 6.07) is 0.335. The molecule has 0 spiro atoms. The van der Waals surface area contributed by atoms with Crippen molar-refractivity contribution >= 4 is 11.6 Å². The van der Waals surface area contributed by atoms with Gasteiger partial charge in [0.25, 0.3) is 0 Å². The number of hydrogen-bond donors (Lipinski definition) is 1. The fourth-order valence-electron chi connectivity index (χ4n) is 4.00. The molecule has 2 fully saturated rings. The van der Waals surface area contributed by atoms with Crippen molar-refractivity contribution in [3.8, 4) is 0 Å². The van der Waals surface area contributed by atoms with Crippen LogP contribution in [0, 0.1) is 0 Å². The summed E-state index contributed by atoms with van der Waals surface area (Å²) in [6.07, 6.45) is 0.800. The van der Waals surface area contributed by atoms with Crippen LogP contribution < -0.4 is 5.73 Å².